The highest BCUT2D eigenvalue weighted by atomic mass is 16.3. The van der Waals surface area contributed by atoms with Gasteiger partial charge in [-0.15, -0.1) is 0 Å². The molecule has 39 heavy (non-hydrogen) atoms. The minimum Gasteiger partial charge on any atom is -0.455 e. The smallest absolute Gasteiger partial charge is 0.143 e. The second-order valence-corrected chi connectivity index (χ2v) is 11.0. The highest BCUT2D eigenvalue weighted by Gasteiger charge is 2.35. The molecular weight excluding hydrogens is 474 g/mol. The van der Waals surface area contributed by atoms with E-state index in [2.05, 4.69) is 128 Å². The molecule has 1 aromatic heterocycles. The van der Waals surface area contributed by atoms with Gasteiger partial charge in [0.15, 0.2) is 0 Å². The Hall–Kier alpha value is -4.82. The maximum atomic E-state index is 6.49. The predicted molar refractivity (Wildman–Crippen MR) is 164 cm³/mol. The van der Waals surface area contributed by atoms with Crippen LogP contribution in [0.2, 0.25) is 0 Å². The number of furan rings is 1. The second-order valence-electron chi connectivity index (χ2n) is 11.0. The first-order valence-electron chi connectivity index (χ1n) is 13.5. The number of nitrogens with one attached hydrogen (secondary N) is 1. The quantitative estimate of drug-likeness (QED) is 0.260. The molecule has 6 aromatic carbocycles. The van der Waals surface area contributed by atoms with E-state index < -0.39 is 0 Å². The second kappa shape index (κ2) is 8.09. The predicted octanol–water partition coefficient (Wildman–Crippen LogP) is 10.5. The van der Waals surface area contributed by atoms with E-state index in [0.717, 1.165) is 44.4 Å². The molecule has 0 saturated heterocycles. The zero-order valence-electron chi connectivity index (χ0n) is 22.0. The Morgan fingerprint density at radius 3 is 2.21 bits per heavy atom. The maximum absolute atomic E-state index is 6.49. The van der Waals surface area contributed by atoms with Gasteiger partial charge in [0.2, 0.25) is 0 Å². The Bertz CT molecular complexity index is 2080. The third-order valence-electron chi connectivity index (χ3n) is 8.47. The zero-order valence-corrected chi connectivity index (χ0v) is 22.0. The normalized spacial score (nSPS) is 13.6. The van der Waals surface area contributed by atoms with E-state index in [4.69, 9.17) is 4.42 Å². The van der Waals surface area contributed by atoms with Crippen LogP contribution in [0, 0.1) is 0 Å². The number of fused-ring (bicyclic) bond motifs is 7. The Kier molecular flexibility index (Phi) is 4.60. The van der Waals surface area contributed by atoms with Gasteiger partial charge in [0.1, 0.15) is 11.2 Å². The van der Waals surface area contributed by atoms with Gasteiger partial charge in [-0.05, 0) is 57.3 Å². The summed E-state index contributed by atoms with van der Waals surface area (Å²) in [4.78, 5) is 0. The molecule has 1 aliphatic carbocycles. The van der Waals surface area contributed by atoms with E-state index in [1.54, 1.807) is 0 Å². The molecule has 0 amide bonds. The van der Waals surface area contributed by atoms with Crippen LogP contribution in [0.1, 0.15) is 25.0 Å². The van der Waals surface area contributed by atoms with Crippen LogP contribution in [-0.4, -0.2) is 0 Å². The summed E-state index contributed by atoms with van der Waals surface area (Å²) in [5.41, 5.74) is 11.6. The standard InChI is InChI=1S/C37H27NO/c1-37(2)31-16-7-5-12-26(31)30-22-24(19-20-32(30)37)38-33-21-18-23-10-3-4-11-25(23)35(33)29-15-9-14-28-27-13-6-8-17-34(27)39-36(28)29/h3-22,38H,1-2H3. The van der Waals surface area contributed by atoms with Crippen molar-refractivity contribution in [2.45, 2.75) is 19.3 Å². The van der Waals surface area contributed by atoms with Gasteiger partial charge in [0.25, 0.3) is 0 Å². The fourth-order valence-electron chi connectivity index (χ4n) is 6.56. The van der Waals surface area contributed by atoms with Crippen molar-refractivity contribution in [2.24, 2.45) is 0 Å². The first-order valence-corrected chi connectivity index (χ1v) is 13.5. The molecule has 0 atom stereocenters. The Labute approximate surface area is 227 Å². The lowest BCUT2D eigenvalue weighted by molar-refractivity contribution is 0.660. The monoisotopic (exact) mass is 501 g/mol. The molecule has 1 aliphatic rings. The molecule has 0 unspecified atom stereocenters. The van der Waals surface area contributed by atoms with Crippen LogP contribution in [0.4, 0.5) is 11.4 Å². The lowest BCUT2D eigenvalue weighted by Crippen LogP contribution is -2.14. The molecule has 0 spiro atoms. The van der Waals surface area contributed by atoms with Crippen LogP contribution in [0.15, 0.2) is 126 Å². The average molecular weight is 502 g/mol. The van der Waals surface area contributed by atoms with Gasteiger partial charge in [-0.25, -0.2) is 0 Å². The molecule has 2 heteroatoms. The minimum absolute atomic E-state index is 0.00446. The van der Waals surface area contributed by atoms with Crippen LogP contribution in [0.5, 0.6) is 0 Å². The SMILES string of the molecule is CC1(C)c2ccccc2-c2cc(Nc3ccc4ccccc4c3-c3cccc4c3oc3ccccc34)ccc21. The summed E-state index contributed by atoms with van der Waals surface area (Å²) in [6.45, 7) is 4.64. The van der Waals surface area contributed by atoms with E-state index in [0.29, 0.717) is 0 Å². The van der Waals surface area contributed by atoms with E-state index in [1.165, 1.54) is 33.0 Å². The molecule has 8 rings (SSSR count). The summed E-state index contributed by atoms with van der Waals surface area (Å²) in [5.74, 6) is 0. The summed E-state index contributed by atoms with van der Waals surface area (Å²) in [5, 5.41) is 8.49. The fourth-order valence-corrected chi connectivity index (χ4v) is 6.56. The molecule has 0 aliphatic heterocycles. The molecule has 186 valence electrons. The van der Waals surface area contributed by atoms with Crippen LogP contribution >= 0.6 is 0 Å². The molecule has 0 bridgehead atoms. The van der Waals surface area contributed by atoms with Gasteiger partial charge >= 0.3 is 0 Å². The highest BCUT2D eigenvalue weighted by Crippen LogP contribution is 2.50. The third-order valence-corrected chi connectivity index (χ3v) is 8.47. The highest BCUT2D eigenvalue weighted by molar-refractivity contribution is 6.14. The minimum atomic E-state index is -0.00446. The van der Waals surface area contributed by atoms with Gasteiger partial charge in [-0.2, -0.15) is 0 Å². The van der Waals surface area contributed by atoms with E-state index in [1.807, 2.05) is 12.1 Å². The van der Waals surface area contributed by atoms with Crippen molar-refractivity contribution in [3.63, 3.8) is 0 Å². The van der Waals surface area contributed by atoms with Crippen molar-refractivity contribution >= 4 is 44.1 Å². The topological polar surface area (TPSA) is 25.2 Å². The molecular formula is C37H27NO. The Balaban J connectivity index is 1.34. The average Bonchev–Trinajstić information content (AvgIpc) is 3.46. The van der Waals surface area contributed by atoms with Crippen LogP contribution in [0.25, 0.3) is 55.0 Å². The number of hydrogen-bond acceptors (Lipinski definition) is 2. The van der Waals surface area contributed by atoms with Crippen LogP contribution in [-0.2, 0) is 5.41 Å². The number of hydrogen-bond donors (Lipinski definition) is 1. The van der Waals surface area contributed by atoms with Crippen molar-refractivity contribution in [2.75, 3.05) is 5.32 Å². The third kappa shape index (κ3) is 3.21. The lowest BCUT2D eigenvalue weighted by Gasteiger charge is -2.21. The molecule has 0 fully saturated rings. The lowest BCUT2D eigenvalue weighted by atomic mass is 9.82. The number of rotatable bonds is 3. The summed E-state index contributed by atoms with van der Waals surface area (Å²) >= 11 is 0. The summed E-state index contributed by atoms with van der Waals surface area (Å²) in [6, 6.07) is 43.4. The number of benzene rings is 6. The number of para-hydroxylation sites is 2. The largest absolute Gasteiger partial charge is 0.455 e. The van der Waals surface area contributed by atoms with Gasteiger partial charge in [-0.3, -0.25) is 0 Å². The molecule has 0 saturated carbocycles. The fraction of sp³-hybridized carbons (Fsp3) is 0.0811. The summed E-state index contributed by atoms with van der Waals surface area (Å²) in [7, 11) is 0. The van der Waals surface area contributed by atoms with Crippen molar-refractivity contribution in [3.8, 4) is 22.3 Å². The maximum Gasteiger partial charge on any atom is 0.143 e. The molecule has 7 aromatic rings. The van der Waals surface area contributed by atoms with Gasteiger partial charge in [0, 0.05) is 38.7 Å². The zero-order chi connectivity index (χ0) is 26.1. The Morgan fingerprint density at radius 1 is 0.564 bits per heavy atom. The summed E-state index contributed by atoms with van der Waals surface area (Å²) in [6.07, 6.45) is 0. The van der Waals surface area contributed by atoms with E-state index in [9.17, 15) is 0 Å². The molecule has 1 N–H and O–H groups in total. The molecule has 0 radical (unpaired) electrons. The molecule has 1 heterocycles. The van der Waals surface area contributed by atoms with Gasteiger partial charge in [-0.1, -0.05) is 111 Å². The Morgan fingerprint density at radius 2 is 1.28 bits per heavy atom. The van der Waals surface area contributed by atoms with Crippen molar-refractivity contribution in [3.05, 3.63) is 132 Å². The van der Waals surface area contributed by atoms with Crippen LogP contribution in [0.3, 0.4) is 0 Å². The summed E-state index contributed by atoms with van der Waals surface area (Å²) < 4.78 is 6.49. The first kappa shape index (κ1) is 22.2. The number of anilines is 2. The van der Waals surface area contributed by atoms with Crippen molar-refractivity contribution < 1.29 is 4.42 Å². The van der Waals surface area contributed by atoms with Gasteiger partial charge in [0.05, 0.1) is 0 Å². The van der Waals surface area contributed by atoms with Gasteiger partial charge < -0.3 is 9.73 Å². The molecule has 2 nitrogen and oxygen atoms in total. The first-order chi connectivity index (χ1) is 19.1. The van der Waals surface area contributed by atoms with E-state index in [-0.39, 0.29) is 5.41 Å². The van der Waals surface area contributed by atoms with Crippen molar-refractivity contribution in [1.29, 1.82) is 0 Å². The van der Waals surface area contributed by atoms with E-state index >= 15 is 0 Å². The van der Waals surface area contributed by atoms with Crippen LogP contribution < -0.4 is 5.32 Å². The van der Waals surface area contributed by atoms with Crippen molar-refractivity contribution in [1.82, 2.24) is 0 Å².